The first-order valence-corrected chi connectivity index (χ1v) is 8.06. The second kappa shape index (κ2) is 5.45. The molecule has 0 saturated carbocycles. The first kappa shape index (κ1) is 13.3. The lowest BCUT2D eigenvalue weighted by atomic mass is 10.3. The summed E-state index contributed by atoms with van der Waals surface area (Å²) in [6, 6.07) is 5.80. The Bertz CT molecular complexity index is 780. The predicted octanol–water partition coefficient (Wildman–Crippen LogP) is 2.31. The van der Waals surface area contributed by atoms with E-state index < -0.39 is 0 Å². The van der Waals surface area contributed by atoms with Gasteiger partial charge in [0.05, 0.1) is 6.04 Å². The van der Waals surface area contributed by atoms with Gasteiger partial charge in [-0.3, -0.25) is 4.98 Å². The number of rotatable bonds is 4. The zero-order chi connectivity index (χ0) is 14.9. The molecule has 7 nitrogen and oxygen atoms in total. The number of hydrogen-bond acceptors (Lipinski definition) is 7. The number of hydrogen-bond donors (Lipinski definition) is 1. The fraction of sp³-hybridized carbons (Fsp3) is 0.357. The van der Waals surface area contributed by atoms with Gasteiger partial charge >= 0.3 is 0 Å². The summed E-state index contributed by atoms with van der Waals surface area (Å²) < 4.78 is 2.19. The maximum absolute atomic E-state index is 4.29. The van der Waals surface area contributed by atoms with E-state index in [1.54, 1.807) is 6.20 Å². The monoisotopic (exact) mass is 313 g/mol. The number of aromatic nitrogens is 6. The highest BCUT2D eigenvalue weighted by Crippen LogP contribution is 2.28. The zero-order valence-electron chi connectivity index (χ0n) is 12.1. The third kappa shape index (κ3) is 2.35. The highest BCUT2D eigenvalue weighted by Gasteiger charge is 2.22. The van der Waals surface area contributed by atoms with E-state index in [2.05, 4.69) is 42.2 Å². The number of anilines is 1. The molecule has 8 heteroatoms. The molecular formula is C14H15N7S. The van der Waals surface area contributed by atoms with Gasteiger partial charge in [-0.2, -0.15) is 0 Å². The minimum absolute atomic E-state index is 0.0453. The van der Waals surface area contributed by atoms with Crippen LogP contribution in [0.5, 0.6) is 0 Å². The van der Waals surface area contributed by atoms with Crippen molar-refractivity contribution in [1.82, 2.24) is 29.9 Å². The van der Waals surface area contributed by atoms with Crippen LogP contribution in [0.3, 0.4) is 0 Å². The second-order valence-electron chi connectivity index (χ2n) is 5.22. The number of nitrogens with one attached hydrogen (secondary N) is 1. The molecule has 0 radical (unpaired) electrons. The van der Waals surface area contributed by atoms with Crippen LogP contribution in [0.15, 0.2) is 24.4 Å². The molecule has 1 aliphatic rings. The summed E-state index contributed by atoms with van der Waals surface area (Å²) in [5.41, 5.74) is 0.837. The molecule has 1 unspecified atom stereocenters. The van der Waals surface area contributed by atoms with Crippen molar-refractivity contribution in [2.75, 3.05) is 5.32 Å². The molecule has 0 bridgehead atoms. The highest BCUT2D eigenvalue weighted by molar-refractivity contribution is 7.18. The molecule has 1 aliphatic heterocycles. The van der Waals surface area contributed by atoms with Gasteiger partial charge in [-0.1, -0.05) is 17.4 Å². The van der Waals surface area contributed by atoms with Crippen LogP contribution in [0.25, 0.3) is 10.7 Å². The number of fused-ring (bicyclic) bond motifs is 1. The molecule has 22 heavy (non-hydrogen) atoms. The lowest BCUT2D eigenvalue weighted by Crippen LogP contribution is -2.13. The molecule has 0 saturated heterocycles. The third-order valence-electron chi connectivity index (χ3n) is 3.67. The van der Waals surface area contributed by atoms with Crippen LogP contribution in [-0.2, 0) is 13.0 Å². The lowest BCUT2D eigenvalue weighted by molar-refractivity contribution is 0.651. The van der Waals surface area contributed by atoms with E-state index in [0.717, 1.165) is 46.9 Å². The van der Waals surface area contributed by atoms with Crippen molar-refractivity contribution in [3.8, 4) is 10.7 Å². The van der Waals surface area contributed by atoms with Crippen LogP contribution >= 0.6 is 11.3 Å². The largest absolute Gasteiger partial charge is 0.350 e. The van der Waals surface area contributed by atoms with E-state index in [9.17, 15) is 0 Å². The Morgan fingerprint density at radius 2 is 2.18 bits per heavy atom. The Morgan fingerprint density at radius 1 is 1.23 bits per heavy atom. The molecule has 0 aromatic carbocycles. The van der Waals surface area contributed by atoms with Crippen LogP contribution in [0, 0.1) is 0 Å². The molecule has 0 amide bonds. The number of aryl methyl sites for hydroxylation is 1. The van der Waals surface area contributed by atoms with E-state index >= 15 is 0 Å². The third-order valence-corrected chi connectivity index (χ3v) is 4.55. The van der Waals surface area contributed by atoms with Crippen molar-refractivity contribution in [1.29, 1.82) is 0 Å². The normalized spacial score (nSPS) is 14.8. The Balaban J connectivity index is 1.53. The summed E-state index contributed by atoms with van der Waals surface area (Å²) in [6.45, 7) is 3.07. The summed E-state index contributed by atoms with van der Waals surface area (Å²) in [5, 5.41) is 21.9. The van der Waals surface area contributed by atoms with Crippen molar-refractivity contribution in [3.63, 3.8) is 0 Å². The zero-order valence-corrected chi connectivity index (χ0v) is 12.9. The van der Waals surface area contributed by atoms with Gasteiger partial charge in [0.15, 0.2) is 10.8 Å². The van der Waals surface area contributed by atoms with Crippen molar-refractivity contribution in [2.45, 2.75) is 32.4 Å². The second-order valence-corrected chi connectivity index (χ2v) is 6.20. The summed E-state index contributed by atoms with van der Waals surface area (Å²) in [6.07, 6.45) is 3.92. The molecule has 0 aliphatic carbocycles. The van der Waals surface area contributed by atoms with Gasteiger partial charge in [0.1, 0.15) is 11.5 Å². The van der Waals surface area contributed by atoms with Gasteiger partial charge in [-0.25, -0.2) is 0 Å². The van der Waals surface area contributed by atoms with E-state index in [1.165, 1.54) is 11.3 Å². The van der Waals surface area contributed by atoms with Crippen LogP contribution in [-0.4, -0.2) is 29.9 Å². The Kier molecular flexibility index (Phi) is 3.30. The minimum Gasteiger partial charge on any atom is -0.350 e. The van der Waals surface area contributed by atoms with E-state index in [0.29, 0.717) is 0 Å². The first-order chi connectivity index (χ1) is 10.8. The van der Waals surface area contributed by atoms with Crippen LogP contribution in [0.4, 0.5) is 5.13 Å². The lowest BCUT2D eigenvalue weighted by Gasteiger charge is -2.12. The Morgan fingerprint density at radius 3 is 3.05 bits per heavy atom. The Hall–Kier alpha value is -2.35. The van der Waals surface area contributed by atoms with Crippen molar-refractivity contribution < 1.29 is 0 Å². The maximum Gasteiger partial charge on any atom is 0.206 e. The molecule has 3 aromatic rings. The smallest absolute Gasteiger partial charge is 0.206 e. The molecule has 4 rings (SSSR count). The van der Waals surface area contributed by atoms with Gasteiger partial charge in [0.25, 0.3) is 0 Å². The first-order valence-electron chi connectivity index (χ1n) is 7.24. The molecule has 112 valence electrons. The molecule has 1 N–H and O–H groups in total. The van der Waals surface area contributed by atoms with Gasteiger partial charge < -0.3 is 9.88 Å². The molecule has 0 spiro atoms. The quantitative estimate of drug-likeness (QED) is 0.796. The van der Waals surface area contributed by atoms with Gasteiger partial charge in [-0.15, -0.1) is 20.4 Å². The Labute approximate surface area is 131 Å². The summed E-state index contributed by atoms with van der Waals surface area (Å²) in [7, 11) is 0. The SMILES string of the molecule is CC(Nc1nnc(-c2ccccn2)s1)c1nnc2n1CCC2. The standard InChI is InChI=1S/C14H15N7S/c1-9(12-18-17-11-6-4-8-21(11)12)16-14-20-19-13(22-14)10-5-2-3-7-15-10/h2-3,5,7,9H,4,6,8H2,1H3,(H,16,20). The number of nitrogens with zero attached hydrogens (tertiary/aromatic N) is 6. The van der Waals surface area contributed by atoms with Gasteiger partial charge in [0.2, 0.25) is 5.13 Å². The highest BCUT2D eigenvalue weighted by atomic mass is 32.1. The minimum atomic E-state index is 0.0453. The maximum atomic E-state index is 4.29. The van der Waals surface area contributed by atoms with Crippen molar-refractivity contribution in [2.24, 2.45) is 0 Å². The summed E-state index contributed by atoms with van der Waals surface area (Å²) in [4.78, 5) is 4.29. The van der Waals surface area contributed by atoms with E-state index in [-0.39, 0.29) is 6.04 Å². The average molecular weight is 313 g/mol. The van der Waals surface area contributed by atoms with Crippen LogP contribution < -0.4 is 5.32 Å². The van der Waals surface area contributed by atoms with Gasteiger partial charge in [0, 0.05) is 19.2 Å². The molecular weight excluding hydrogens is 298 g/mol. The fourth-order valence-electron chi connectivity index (χ4n) is 2.62. The molecule has 3 aromatic heterocycles. The van der Waals surface area contributed by atoms with E-state index in [4.69, 9.17) is 0 Å². The predicted molar refractivity (Wildman–Crippen MR) is 83.5 cm³/mol. The van der Waals surface area contributed by atoms with E-state index in [1.807, 2.05) is 18.2 Å². The van der Waals surface area contributed by atoms with Gasteiger partial charge in [-0.05, 0) is 25.5 Å². The molecule has 4 heterocycles. The topological polar surface area (TPSA) is 81.4 Å². The fourth-order valence-corrected chi connectivity index (χ4v) is 3.42. The average Bonchev–Trinajstić information content (AvgIpc) is 3.24. The molecule has 1 atom stereocenters. The van der Waals surface area contributed by atoms with Crippen LogP contribution in [0.1, 0.15) is 31.0 Å². The van der Waals surface area contributed by atoms with Crippen molar-refractivity contribution >= 4 is 16.5 Å². The van der Waals surface area contributed by atoms with Crippen molar-refractivity contribution in [3.05, 3.63) is 36.0 Å². The summed E-state index contributed by atoms with van der Waals surface area (Å²) in [5.74, 6) is 2.04. The van der Waals surface area contributed by atoms with Crippen LogP contribution in [0.2, 0.25) is 0 Å². The molecule has 0 fully saturated rings. The number of pyridine rings is 1. The summed E-state index contributed by atoms with van der Waals surface area (Å²) >= 11 is 1.49.